The maximum Gasteiger partial charge on any atom is 0.159 e. The van der Waals surface area contributed by atoms with Crippen molar-refractivity contribution in [2.75, 3.05) is 0 Å². The molecule has 1 heteroatoms. The zero-order chi connectivity index (χ0) is 13.5. The highest BCUT2D eigenvalue weighted by atomic mass is 16.1. The van der Waals surface area contributed by atoms with Crippen LogP contribution in [0.3, 0.4) is 0 Å². The summed E-state index contributed by atoms with van der Waals surface area (Å²) in [5.74, 6) is 1.50. The van der Waals surface area contributed by atoms with E-state index >= 15 is 0 Å². The number of ketones is 1. The van der Waals surface area contributed by atoms with Crippen molar-refractivity contribution in [3.8, 4) is 0 Å². The van der Waals surface area contributed by atoms with E-state index in [0.29, 0.717) is 17.6 Å². The number of fused-ring (bicyclic) bond motifs is 1. The van der Waals surface area contributed by atoms with Crippen LogP contribution in [0, 0.1) is 17.3 Å². The number of allylic oxidation sites excluding steroid dienone is 4. The molecule has 3 unspecified atom stereocenters. The first kappa shape index (κ1) is 13.6. The largest absolute Gasteiger partial charge is 0.295 e. The number of hydrogen-bond acceptors (Lipinski definition) is 1. The topological polar surface area (TPSA) is 17.1 Å². The highest BCUT2D eigenvalue weighted by Gasteiger charge is 2.45. The lowest BCUT2D eigenvalue weighted by molar-refractivity contribution is -0.120. The molecule has 1 nitrogen and oxygen atoms in total. The van der Waals surface area contributed by atoms with Crippen LogP contribution in [0.5, 0.6) is 0 Å². The lowest BCUT2D eigenvalue weighted by atomic mass is 9.57. The highest BCUT2D eigenvalue weighted by Crippen LogP contribution is 2.52. The van der Waals surface area contributed by atoms with Crippen molar-refractivity contribution in [3.63, 3.8) is 0 Å². The average molecular weight is 246 g/mol. The Kier molecular flexibility index (Phi) is 3.53. The van der Waals surface area contributed by atoms with E-state index in [1.807, 2.05) is 0 Å². The van der Waals surface area contributed by atoms with Crippen LogP contribution in [0.25, 0.3) is 0 Å². The molecule has 1 saturated carbocycles. The summed E-state index contributed by atoms with van der Waals surface area (Å²) in [6.07, 6.45) is 6.42. The molecular weight excluding hydrogens is 220 g/mol. The molecule has 0 amide bonds. The molecule has 0 N–H and O–H groups in total. The molecule has 1 fully saturated rings. The van der Waals surface area contributed by atoms with Gasteiger partial charge in [0.25, 0.3) is 0 Å². The Hall–Kier alpha value is -0.850. The van der Waals surface area contributed by atoms with E-state index in [4.69, 9.17) is 0 Å². The molecule has 0 spiro atoms. The summed E-state index contributed by atoms with van der Waals surface area (Å²) in [4.78, 5) is 12.4. The van der Waals surface area contributed by atoms with Gasteiger partial charge in [-0.25, -0.2) is 0 Å². The SMILES string of the molecule is CC(C)=C(C)C1CC(=O)C2=CCCC(C)C2(C)C1. The van der Waals surface area contributed by atoms with E-state index in [-0.39, 0.29) is 5.41 Å². The molecule has 100 valence electrons. The van der Waals surface area contributed by atoms with Gasteiger partial charge in [0.1, 0.15) is 0 Å². The number of carbonyl (C=O) groups is 1. The molecule has 0 aliphatic heterocycles. The molecule has 2 rings (SSSR count). The van der Waals surface area contributed by atoms with Crippen LogP contribution < -0.4 is 0 Å². The second-order valence-corrected chi connectivity index (χ2v) is 6.73. The average Bonchev–Trinajstić information content (AvgIpc) is 2.30. The van der Waals surface area contributed by atoms with Crippen LogP contribution in [0.15, 0.2) is 22.8 Å². The molecule has 0 saturated heterocycles. The minimum Gasteiger partial charge on any atom is -0.295 e. The van der Waals surface area contributed by atoms with E-state index in [9.17, 15) is 4.79 Å². The third-order valence-corrected chi connectivity index (χ3v) is 5.45. The van der Waals surface area contributed by atoms with Crippen molar-refractivity contribution in [1.82, 2.24) is 0 Å². The summed E-state index contributed by atoms with van der Waals surface area (Å²) in [7, 11) is 0. The third kappa shape index (κ3) is 2.08. The quantitative estimate of drug-likeness (QED) is 0.614. The first-order chi connectivity index (χ1) is 8.36. The Bertz CT molecular complexity index is 423. The predicted molar refractivity (Wildman–Crippen MR) is 76.4 cm³/mol. The standard InChI is InChI=1S/C17H26O/c1-11(2)13(4)14-9-16(18)15-8-6-7-12(3)17(15,5)10-14/h8,12,14H,6-7,9-10H2,1-5H3. The fraction of sp³-hybridized carbons (Fsp3) is 0.706. The molecule has 0 bridgehead atoms. The van der Waals surface area contributed by atoms with Crippen LogP contribution in [-0.4, -0.2) is 5.78 Å². The van der Waals surface area contributed by atoms with Gasteiger partial charge in [0.15, 0.2) is 5.78 Å². The van der Waals surface area contributed by atoms with Gasteiger partial charge < -0.3 is 0 Å². The van der Waals surface area contributed by atoms with Crippen molar-refractivity contribution < 1.29 is 4.79 Å². The van der Waals surface area contributed by atoms with E-state index in [1.54, 1.807) is 0 Å². The van der Waals surface area contributed by atoms with Gasteiger partial charge in [-0.2, -0.15) is 0 Å². The molecule has 0 heterocycles. The number of carbonyl (C=O) groups excluding carboxylic acids is 1. The Morgan fingerprint density at radius 3 is 2.61 bits per heavy atom. The molecule has 0 radical (unpaired) electrons. The molecule has 3 atom stereocenters. The van der Waals surface area contributed by atoms with Gasteiger partial charge in [-0.1, -0.05) is 31.1 Å². The van der Waals surface area contributed by atoms with Crippen molar-refractivity contribution in [3.05, 3.63) is 22.8 Å². The van der Waals surface area contributed by atoms with Crippen LogP contribution in [0.1, 0.15) is 60.3 Å². The van der Waals surface area contributed by atoms with Crippen LogP contribution in [-0.2, 0) is 4.79 Å². The second-order valence-electron chi connectivity index (χ2n) is 6.73. The molecule has 0 aromatic heterocycles. The van der Waals surface area contributed by atoms with Gasteiger partial charge in [0.2, 0.25) is 0 Å². The fourth-order valence-electron chi connectivity index (χ4n) is 3.67. The Morgan fingerprint density at radius 1 is 1.33 bits per heavy atom. The van der Waals surface area contributed by atoms with Gasteiger partial charge in [0, 0.05) is 6.42 Å². The van der Waals surface area contributed by atoms with Crippen LogP contribution in [0.2, 0.25) is 0 Å². The summed E-state index contributed by atoms with van der Waals surface area (Å²) < 4.78 is 0. The monoisotopic (exact) mass is 246 g/mol. The maximum atomic E-state index is 12.4. The molecule has 2 aliphatic rings. The van der Waals surface area contributed by atoms with E-state index in [1.165, 1.54) is 17.6 Å². The summed E-state index contributed by atoms with van der Waals surface area (Å²) in [6.45, 7) is 11.2. The Labute approximate surface area is 111 Å². The first-order valence-corrected chi connectivity index (χ1v) is 7.24. The van der Waals surface area contributed by atoms with Gasteiger partial charge in [-0.05, 0) is 62.9 Å². The number of hydrogen-bond donors (Lipinski definition) is 0. The molecular formula is C17H26O. The summed E-state index contributed by atoms with van der Waals surface area (Å²) >= 11 is 0. The van der Waals surface area contributed by atoms with Crippen molar-refractivity contribution in [1.29, 1.82) is 0 Å². The summed E-state index contributed by atoms with van der Waals surface area (Å²) in [5, 5.41) is 0. The van der Waals surface area contributed by atoms with Crippen molar-refractivity contribution in [2.45, 2.75) is 60.3 Å². The molecule has 18 heavy (non-hydrogen) atoms. The highest BCUT2D eigenvalue weighted by molar-refractivity contribution is 5.98. The second kappa shape index (κ2) is 4.68. The van der Waals surface area contributed by atoms with E-state index in [0.717, 1.165) is 24.8 Å². The van der Waals surface area contributed by atoms with E-state index in [2.05, 4.69) is 40.7 Å². The molecule has 2 aliphatic carbocycles. The summed E-state index contributed by atoms with van der Waals surface area (Å²) in [6, 6.07) is 0. The van der Waals surface area contributed by atoms with Crippen LogP contribution >= 0.6 is 0 Å². The zero-order valence-electron chi connectivity index (χ0n) is 12.5. The predicted octanol–water partition coefficient (Wildman–Crippen LogP) is 4.68. The number of Topliss-reactive ketones (excluding diaryl/α,β-unsaturated/α-hetero) is 1. The van der Waals surface area contributed by atoms with Gasteiger partial charge in [-0.15, -0.1) is 0 Å². The Morgan fingerprint density at radius 2 is 2.00 bits per heavy atom. The first-order valence-electron chi connectivity index (χ1n) is 7.24. The fourth-order valence-corrected chi connectivity index (χ4v) is 3.67. The minimum atomic E-state index is 0.120. The molecule has 0 aromatic rings. The number of rotatable bonds is 1. The molecule has 0 aromatic carbocycles. The zero-order valence-corrected chi connectivity index (χ0v) is 12.5. The lowest BCUT2D eigenvalue weighted by Crippen LogP contribution is -2.41. The smallest absolute Gasteiger partial charge is 0.159 e. The van der Waals surface area contributed by atoms with Crippen LogP contribution in [0.4, 0.5) is 0 Å². The minimum absolute atomic E-state index is 0.120. The van der Waals surface area contributed by atoms with E-state index < -0.39 is 0 Å². The van der Waals surface area contributed by atoms with Gasteiger partial charge in [-0.3, -0.25) is 4.79 Å². The maximum absolute atomic E-state index is 12.4. The third-order valence-electron chi connectivity index (χ3n) is 5.45. The van der Waals surface area contributed by atoms with Gasteiger partial charge in [0.05, 0.1) is 0 Å². The lowest BCUT2D eigenvalue weighted by Gasteiger charge is -2.46. The normalized spacial score (nSPS) is 35.8. The van der Waals surface area contributed by atoms with Crippen molar-refractivity contribution >= 4 is 5.78 Å². The Balaban J connectivity index is 2.36. The van der Waals surface area contributed by atoms with Gasteiger partial charge >= 0.3 is 0 Å². The summed E-state index contributed by atoms with van der Waals surface area (Å²) in [5.41, 5.74) is 4.07. The van der Waals surface area contributed by atoms with Crippen molar-refractivity contribution in [2.24, 2.45) is 17.3 Å².